The van der Waals surface area contributed by atoms with Crippen LogP contribution in [-0.2, 0) is 22.4 Å². The third-order valence-electron chi connectivity index (χ3n) is 6.32. The van der Waals surface area contributed by atoms with E-state index in [0.717, 1.165) is 62.5 Å². The number of nitrogens with one attached hydrogen (secondary N) is 4. The van der Waals surface area contributed by atoms with Crippen molar-refractivity contribution in [2.45, 2.75) is 76.0 Å². The lowest BCUT2D eigenvalue weighted by Gasteiger charge is -2.25. The summed E-state index contributed by atoms with van der Waals surface area (Å²) in [4.78, 5) is 46.2. The van der Waals surface area contributed by atoms with E-state index in [9.17, 15) is 24.3 Å². The third kappa shape index (κ3) is 14.1. The van der Waals surface area contributed by atoms with Gasteiger partial charge in [0.05, 0.1) is 18.2 Å². The van der Waals surface area contributed by atoms with Crippen LogP contribution in [0.3, 0.4) is 0 Å². The molecule has 0 bridgehead atoms. The van der Waals surface area contributed by atoms with Crippen LogP contribution in [0, 0.1) is 0 Å². The molecule has 0 aliphatic rings. The second kappa shape index (κ2) is 18.5. The number of carbonyl (C=O) groups is 4. The number of hydrogen-bond acceptors (Lipinski definition) is 6. The standard InChI is InChI=1S/C29H40N4O6/c34-21-24(19-22-13-7-5-8-14-22)30-18-12-4-2-1-3-11-17-26(32-28(36)37)31-25(27(35)33-29(38)39)20-23-15-9-6-10-16-23/h5-10,13-16,21,24-26,30-32H,1-4,11-12,17-20H2,(H,33,35)(H,36,37)(H,38,39)/t24?,25-,26?/m0/s1. The summed E-state index contributed by atoms with van der Waals surface area (Å²) in [6, 6.07) is 17.9. The molecule has 2 rings (SSSR count). The van der Waals surface area contributed by atoms with Crippen molar-refractivity contribution in [2.24, 2.45) is 0 Å². The maximum Gasteiger partial charge on any atom is 0.411 e. The van der Waals surface area contributed by atoms with Crippen LogP contribution in [0.5, 0.6) is 0 Å². The molecule has 2 aromatic rings. The Morgan fingerprint density at radius 1 is 0.744 bits per heavy atom. The first-order valence-corrected chi connectivity index (χ1v) is 13.4. The van der Waals surface area contributed by atoms with E-state index >= 15 is 0 Å². The summed E-state index contributed by atoms with van der Waals surface area (Å²) in [6.07, 6.45) is 4.52. The predicted octanol–water partition coefficient (Wildman–Crippen LogP) is 3.71. The van der Waals surface area contributed by atoms with Crippen molar-refractivity contribution >= 4 is 24.4 Å². The highest BCUT2D eigenvalue weighted by atomic mass is 16.4. The average Bonchev–Trinajstić information content (AvgIpc) is 2.91. The topological polar surface area (TPSA) is 157 Å². The molecule has 3 atom stereocenters. The van der Waals surface area contributed by atoms with E-state index in [1.54, 1.807) is 0 Å². The van der Waals surface area contributed by atoms with Crippen LogP contribution in [0.2, 0.25) is 0 Å². The number of rotatable bonds is 19. The zero-order valence-corrected chi connectivity index (χ0v) is 22.2. The first kappa shape index (κ1) is 31.5. The summed E-state index contributed by atoms with van der Waals surface area (Å²) in [5.41, 5.74) is 1.94. The van der Waals surface area contributed by atoms with Gasteiger partial charge in [-0.1, -0.05) is 92.8 Å². The van der Waals surface area contributed by atoms with Crippen molar-refractivity contribution in [3.05, 3.63) is 71.8 Å². The Morgan fingerprint density at radius 2 is 1.31 bits per heavy atom. The monoisotopic (exact) mass is 540 g/mol. The van der Waals surface area contributed by atoms with Crippen LogP contribution in [0.4, 0.5) is 9.59 Å². The van der Waals surface area contributed by atoms with Gasteiger partial charge in [0.15, 0.2) is 0 Å². The highest BCUT2D eigenvalue weighted by molar-refractivity contribution is 5.94. The van der Waals surface area contributed by atoms with Gasteiger partial charge in [-0.3, -0.25) is 15.4 Å². The van der Waals surface area contributed by atoms with Crippen LogP contribution in [0.1, 0.15) is 56.1 Å². The van der Waals surface area contributed by atoms with Gasteiger partial charge in [0, 0.05) is 0 Å². The molecule has 0 fully saturated rings. The van der Waals surface area contributed by atoms with Gasteiger partial charge in [0.1, 0.15) is 6.29 Å². The van der Waals surface area contributed by atoms with E-state index < -0.39 is 30.3 Å². The summed E-state index contributed by atoms with van der Waals surface area (Å²) in [7, 11) is 0. The van der Waals surface area contributed by atoms with E-state index in [4.69, 9.17) is 5.11 Å². The number of carbonyl (C=O) groups excluding carboxylic acids is 2. The lowest BCUT2D eigenvalue weighted by Crippen LogP contribution is -2.55. The van der Waals surface area contributed by atoms with E-state index in [-0.39, 0.29) is 12.5 Å². The zero-order chi connectivity index (χ0) is 28.3. The molecule has 10 heteroatoms. The maximum atomic E-state index is 12.5. The molecule has 2 unspecified atom stereocenters. The Balaban J connectivity index is 1.71. The van der Waals surface area contributed by atoms with E-state index in [1.807, 2.05) is 66.0 Å². The Hall–Kier alpha value is -3.76. The minimum atomic E-state index is -1.46. The second-order valence-electron chi connectivity index (χ2n) is 9.50. The van der Waals surface area contributed by atoms with Gasteiger partial charge in [-0.2, -0.15) is 0 Å². The fourth-order valence-corrected chi connectivity index (χ4v) is 4.36. The van der Waals surface area contributed by atoms with Gasteiger partial charge in [-0.25, -0.2) is 9.59 Å². The molecule has 6 N–H and O–H groups in total. The highest BCUT2D eigenvalue weighted by Gasteiger charge is 2.24. The van der Waals surface area contributed by atoms with Crippen LogP contribution in [-0.4, -0.2) is 59.4 Å². The Kier molecular flexibility index (Phi) is 14.9. The number of aldehydes is 1. The Bertz CT molecular complexity index is 1010. The quantitative estimate of drug-likeness (QED) is 0.0894. The minimum absolute atomic E-state index is 0.193. The molecule has 0 aromatic heterocycles. The molecule has 212 valence electrons. The number of unbranched alkanes of at least 4 members (excludes halogenated alkanes) is 5. The summed E-state index contributed by atoms with van der Waals surface area (Å²) in [6.45, 7) is 0.770. The predicted molar refractivity (Wildman–Crippen MR) is 149 cm³/mol. The molecule has 2 aromatic carbocycles. The van der Waals surface area contributed by atoms with E-state index in [2.05, 4.69) is 16.0 Å². The summed E-state index contributed by atoms with van der Waals surface area (Å²) in [5.74, 6) is -0.738. The molecule has 0 saturated carbocycles. The summed E-state index contributed by atoms with van der Waals surface area (Å²) >= 11 is 0. The van der Waals surface area contributed by atoms with Gasteiger partial charge in [-0.05, 0) is 43.4 Å². The second-order valence-corrected chi connectivity index (χ2v) is 9.50. The maximum absolute atomic E-state index is 12.5. The molecule has 10 nitrogen and oxygen atoms in total. The lowest BCUT2D eigenvalue weighted by molar-refractivity contribution is -0.122. The lowest BCUT2D eigenvalue weighted by atomic mass is 10.0. The molecule has 39 heavy (non-hydrogen) atoms. The molecule has 0 aliphatic heterocycles. The average molecular weight is 541 g/mol. The number of amides is 3. The first-order valence-electron chi connectivity index (χ1n) is 13.4. The van der Waals surface area contributed by atoms with Gasteiger partial charge in [0.25, 0.3) is 0 Å². The third-order valence-corrected chi connectivity index (χ3v) is 6.32. The van der Waals surface area contributed by atoms with Crippen LogP contribution < -0.4 is 21.3 Å². The van der Waals surface area contributed by atoms with Crippen molar-refractivity contribution in [3.8, 4) is 0 Å². The number of carboxylic acid groups (broad SMARTS) is 2. The minimum Gasteiger partial charge on any atom is -0.465 e. The van der Waals surface area contributed by atoms with Crippen LogP contribution >= 0.6 is 0 Å². The van der Waals surface area contributed by atoms with Crippen molar-refractivity contribution in [1.82, 2.24) is 21.3 Å². The largest absolute Gasteiger partial charge is 0.465 e. The molecule has 0 radical (unpaired) electrons. The molecular formula is C29H40N4O6. The number of hydrogen-bond donors (Lipinski definition) is 6. The molecule has 0 aliphatic carbocycles. The van der Waals surface area contributed by atoms with E-state index in [1.165, 1.54) is 0 Å². The van der Waals surface area contributed by atoms with Gasteiger partial charge in [-0.15, -0.1) is 0 Å². The van der Waals surface area contributed by atoms with Crippen LogP contribution in [0.15, 0.2) is 60.7 Å². The number of imide groups is 1. The van der Waals surface area contributed by atoms with Gasteiger partial charge < -0.3 is 25.6 Å². The highest BCUT2D eigenvalue weighted by Crippen LogP contribution is 2.10. The van der Waals surface area contributed by atoms with Crippen molar-refractivity contribution in [2.75, 3.05) is 6.54 Å². The molecule has 3 amide bonds. The fraction of sp³-hybridized carbons (Fsp3) is 0.448. The molecule has 0 heterocycles. The molecular weight excluding hydrogens is 500 g/mol. The zero-order valence-electron chi connectivity index (χ0n) is 22.2. The molecule has 0 saturated heterocycles. The summed E-state index contributed by atoms with van der Waals surface area (Å²) in [5, 5.41) is 28.8. The fourth-order valence-electron chi connectivity index (χ4n) is 4.36. The Labute approximate surface area is 229 Å². The van der Waals surface area contributed by atoms with Crippen LogP contribution in [0.25, 0.3) is 0 Å². The Morgan fingerprint density at radius 3 is 1.87 bits per heavy atom. The van der Waals surface area contributed by atoms with Crippen molar-refractivity contribution in [3.63, 3.8) is 0 Å². The summed E-state index contributed by atoms with van der Waals surface area (Å²) < 4.78 is 0. The molecule has 0 spiro atoms. The SMILES string of the molecule is O=CC(Cc1ccccc1)NCCCCCCCCC(NC(=O)O)N[C@@H](Cc1ccccc1)C(=O)NC(=O)O. The number of benzene rings is 2. The van der Waals surface area contributed by atoms with Gasteiger partial charge >= 0.3 is 12.2 Å². The normalized spacial score (nSPS) is 13.1. The van der Waals surface area contributed by atoms with E-state index in [0.29, 0.717) is 12.8 Å². The van der Waals surface area contributed by atoms with Gasteiger partial charge in [0.2, 0.25) is 5.91 Å². The first-order chi connectivity index (χ1) is 18.9. The smallest absolute Gasteiger partial charge is 0.411 e. The van der Waals surface area contributed by atoms with Crippen molar-refractivity contribution in [1.29, 1.82) is 0 Å². The van der Waals surface area contributed by atoms with Crippen molar-refractivity contribution < 1.29 is 29.4 Å².